The molecule has 1 saturated carbocycles. The van der Waals surface area contributed by atoms with Gasteiger partial charge in [-0.25, -0.2) is 0 Å². The van der Waals surface area contributed by atoms with Crippen molar-refractivity contribution in [1.82, 2.24) is 0 Å². The Bertz CT molecular complexity index is 312. The number of fused-ring (bicyclic) bond motifs is 1. The summed E-state index contributed by atoms with van der Waals surface area (Å²) in [5.74, 6) is 5.03. The van der Waals surface area contributed by atoms with E-state index in [0.29, 0.717) is 5.92 Å². The van der Waals surface area contributed by atoms with Gasteiger partial charge in [-0.05, 0) is 48.3 Å². The summed E-state index contributed by atoms with van der Waals surface area (Å²) < 4.78 is 0. The normalized spacial score (nSPS) is 39.6. The molecule has 0 heteroatoms. The van der Waals surface area contributed by atoms with Gasteiger partial charge < -0.3 is 0 Å². The van der Waals surface area contributed by atoms with E-state index in [1.807, 2.05) is 0 Å². The van der Waals surface area contributed by atoms with E-state index in [0.717, 1.165) is 29.6 Å². The Morgan fingerprint density at radius 1 is 1.47 bits per heavy atom. The first-order valence-corrected chi connectivity index (χ1v) is 7.41. The molecule has 6 unspecified atom stereocenters. The molecule has 2 aliphatic carbocycles. The molecule has 96 valence electrons. The van der Waals surface area contributed by atoms with Gasteiger partial charge in [0.2, 0.25) is 0 Å². The summed E-state index contributed by atoms with van der Waals surface area (Å²) in [5.41, 5.74) is 1.77. The molecule has 0 aromatic carbocycles. The van der Waals surface area contributed by atoms with Crippen molar-refractivity contribution in [2.24, 2.45) is 35.5 Å². The van der Waals surface area contributed by atoms with E-state index in [-0.39, 0.29) is 0 Å². The van der Waals surface area contributed by atoms with E-state index >= 15 is 0 Å². The predicted octanol–water partition coefficient (Wildman–Crippen LogP) is 5.07. The van der Waals surface area contributed by atoms with Gasteiger partial charge in [0.15, 0.2) is 0 Å². The van der Waals surface area contributed by atoms with Crippen molar-refractivity contribution in [2.45, 2.75) is 47.0 Å². The van der Waals surface area contributed by atoms with Crippen molar-refractivity contribution in [3.63, 3.8) is 0 Å². The molecule has 2 rings (SSSR count). The molecular weight excluding hydrogens is 204 g/mol. The highest BCUT2D eigenvalue weighted by Gasteiger charge is 2.44. The molecule has 17 heavy (non-hydrogen) atoms. The Morgan fingerprint density at radius 2 is 2.18 bits per heavy atom. The molecule has 2 aliphatic rings. The molecule has 0 nitrogen and oxygen atoms in total. The lowest BCUT2D eigenvalue weighted by Crippen LogP contribution is -2.42. The van der Waals surface area contributed by atoms with Gasteiger partial charge in [-0.2, -0.15) is 0 Å². The van der Waals surface area contributed by atoms with Crippen LogP contribution in [-0.4, -0.2) is 0 Å². The molecule has 1 fully saturated rings. The van der Waals surface area contributed by atoms with Crippen LogP contribution in [0.25, 0.3) is 0 Å². The van der Waals surface area contributed by atoms with Gasteiger partial charge in [-0.3, -0.25) is 0 Å². The number of allylic oxidation sites excluding steroid dienone is 3. The number of hydrogen-bond donors (Lipinski definition) is 0. The number of hydrogen-bond acceptors (Lipinski definition) is 0. The smallest absolute Gasteiger partial charge is 0.0102 e. The molecule has 0 heterocycles. The van der Waals surface area contributed by atoms with Crippen molar-refractivity contribution in [3.05, 3.63) is 24.3 Å². The molecule has 0 aliphatic heterocycles. The topological polar surface area (TPSA) is 0 Å². The summed E-state index contributed by atoms with van der Waals surface area (Å²) in [6.07, 6.45) is 8.83. The van der Waals surface area contributed by atoms with Crippen LogP contribution in [-0.2, 0) is 0 Å². The third-order valence-electron chi connectivity index (χ3n) is 5.32. The van der Waals surface area contributed by atoms with Crippen LogP contribution in [0.3, 0.4) is 0 Å². The van der Waals surface area contributed by atoms with Crippen LogP contribution in [0.15, 0.2) is 24.3 Å². The first-order valence-electron chi connectivity index (χ1n) is 7.41. The van der Waals surface area contributed by atoms with E-state index < -0.39 is 0 Å². The fourth-order valence-corrected chi connectivity index (χ4v) is 3.98. The summed E-state index contributed by atoms with van der Waals surface area (Å²) in [7, 11) is 0. The predicted molar refractivity (Wildman–Crippen MR) is 75.8 cm³/mol. The van der Waals surface area contributed by atoms with Crippen LogP contribution in [0.5, 0.6) is 0 Å². The van der Waals surface area contributed by atoms with E-state index in [9.17, 15) is 0 Å². The van der Waals surface area contributed by atoms with Crippen LogP contribution in [0.2, 0.25) is 0 Å². The molecule has 0 N–H and O–H groups in total. The fraction of sp³-hybridized carbons (Fsp3) is 0.765. The van der Waals surface area contributed by atoms with Crippen LogP contribution < -0.4 is 0 Å². The largest absolute Gasteiger partial charge is 0.103 e. The summed E-state index contributed by atoms with van der Waals surface area (Å²) >= 11 is 0. The lowest BCUT2D eigenvalue weighted by atomic mass is 9.54. The zero-order valence-corrected chi connectivity index (χ0v) is 11.9. The summed E-state index contributed by atoms with van der Waals surface area (Å²) in [4.78, 5) is 0. The van der Waals surface area contributed by atoms with Gasteiger partial charge in [0.05, 0.1) is 0 Å². The summed E-state index contributed by atoms with van der Waals surface area (Å²) in [5, 5.41) is 0. The van der Waals surface area contributed by atoms with Crippen LogP contribution >= 0.6 is 0 Å². The van der Waals surface area contributed by atoms with Crippen molar-refractivity contribution < 1.29 is 0 Å². The van der Waals surface area contributed by atoms with Crippen molar-refractivity contribution >= 4 is 0 Å². The van der Waals surface area contributed by atoms with E-state index in [4.69, 9.17) is 0 Å². The Balaban J connectivity index is 2.17. The van der Waals surface area contributed by atoms with Gasteiger partial charge in [-0.15, -0.1) is 6.58 Å². The van der Waals surface area contributed by atoms with Gasteiger partial charge in [-0.1, -0.05) is 51.8 Å². The summed E-state index contributed by atoms with van der Waals surface area (Å²) in [6, 6.07) is 0. The van der Waals surface area contributed by atoms with E-state index in [1.54, 1.807) is 5.57 Å². The third-order valence-corrected chi connectivity index (χ3v) is 5.32. The highest BCUT2D eigenvalue weighted by atomic mass is 14.5. The molecule has 0 spiro atoms. The van der Waals surface area contributed by atoms with Gasteiger partial charge >= 0.3 is 0 Å². The van der Waals surface area contributed by atoms with Crippen molar-refractivity contribution in [1.29, 1.82) is 0 Å². The Hall–Kier alpha value is -0.520. The van der Waals surface area contributed by atoms with E-state index in [2.05, 4.69) is 46.4 Å². The number of rotatable bonds is 4. The SMILES string of the molecule is C=CC(C)C1C=C2CC(C)CC(C(C)CC)C21. The molecule has 6 atom stereocenters. The third kappa shape index (κ3) is 2.23. The van der Waals surface area contributed by atoms with Crippen LogP contribution in [0.4, 0.5) is 0 Å². The highest BCUT2D eigenvalue weighted by Crippen LogP contribution is 2.54. The van der Waals surface area contributed by atoms with Crippen LogP contribution in [0, 0.1) is 35.5 Å². The Morgan fingerprint density at radius 3 is 2.76 bits per heavy atom. The average Bonchev–Trinajstić information content (AvgIpc) is 2.30. The maximum atomic E-state index is 3.98. The van der Waals surface area contributed by atoms with Gasteiger partial charge in [0.25, 0.3) is 0 Å². The van der Waals surface area contributed by atoms with Gasteiger partial charge in [0.1, 0.15) is 0 Å². The monoisotopic (exact) mass is 232 g/mol. The zero-order valence-electron chi connectivity index (χ0n) is 11.9. The van der Waals surface area contributed by atoms with E-state index in [1.165, 1.54) is 19.3 Å². The molecule has 0 radical (unpaired) electrons. The standard InChI is InChI=1S/C17H28/c1-6-12(4)15-9-11(3)8-14-10-16(17(14)15)13(5)7-2/h7,10-13,15-17H,2,6,8-9H2,1,3-5H3. The molecule has 0 bridgehead atoms. The molecule has 0 aromatic heterocycles. The second-order valence-electron chi connectivity index (χ2n) is 6.53. The first kappa shape index (κ1) is 12.9. The van der Waals surface area contributed by atoms with Crippen molar-refractivity contribution in [3.8, 4) is 0 Å². The fourth-order valence-electron chi connectivity index (χ4n) is 3.98. The van der Waals surface area contributed by atoms with Crippen molar-refractivity contribution in [2.75, 3.05) is 0 Å². The summed E-state index contributed by atoms with van der Waals surface area (Å²) in [6.45, 7) is 13.5. The second-order valence-corrected chi connectivity index (χ2v) is 6.53. The maximum absolute atomic E-state index is 3.98. The first-order chi connectivity index (χ1) is 8.08. The minimum Gasteiger partial charge on any atom is -0.103 e. The molecule has 0 aromatic rings. The molecule has 0 saturated heterocycles. The Labute approximate surface area is 107 Å². The highest BCUT2D eigenvalue weighted by molar-refractivity contribution is 5.28. The minimum absolute atomic E-state index is 0.656. The maximum Gasteiger partial charge on any atom is -0.0102 e. The minimum atomic E-state index is 0.656. The van der Waals surface area contributed by atoms with Gasteiger partial charge in [0, 0.05) is 0 Å². The zero-order chi connectivity index (χ0) is 12.6. The lowest BCUT2D eigenvalue weighted by Gasteiger charge is -2.50. The van der Waals surface area contributed by atoms with Crippen LogP contribution in [0.1, 0.15) is 47.0 Å². The second kappa shape index (κ2) is 5.00. The quantitative estimate of drug-likeness (QED) is 0.593. The lowest BCUT2D eigenvalue weighted by molar-refractivity contribution is 0.108. The Kier molecular flexibility index (Phi) is 3.80. The molecule has 0 amide bonds. The average molecular weight is 232 g/mol. The molecular formula is C17H28.